The van der Waals surface area contributed by atoms with Crippen molar-refractivity contribution in [2.24, 2.45) is 0 Å². The fraction of sp³-hybridized carbons (Fsp3) is 0.400. The second-order valence-electron chi connectivity index (χ2n) is 5.15. The van der Waals surface area contributed by atoms with Gasteiger partial charge in [0, 0.05) is 10.0 Å². The second kappa shape index (κ2) is 8.52. The van der Waals surface area contributed by atoms with Gasteiger partial charge in [-0.25, -0.2) is 15.0 Å². The number of rotatable bonds is 3. The third-order valence-electron chi connectivity index (χ3n) is 2.36. The van der Waals surface area contributed by atoms with Gasteiger partial charge in [-0.05, 0) is 52.0 Å². The van der Waals surface area contributed by atoms with E-state index in [0.717, 1.165) is 4.47 Å². The summed E-state index contributed by atoms with van der Waals surface area (Å²) in [6.45, 7) is 6.55. The Morgan fingerprint density at radius 3 is 2.00 bits per heavy atom. The molecule has 8 heteroatoms. The van der Waals surface area contributed by atoms with Gasteiger partial charge < -0.3 is 9.47 Å². The predicted molar refractivity (Wildman–Crippen MR) is 86.7 cm³/mol. The summed E-state index contributed by atoms with van der Waals surface area (Å²) in [5.41, 5.74) is 2.31. The number of imide groups is 1. The van der Waals surface area contributed by atoms with Crippen molar-refractivity contribution < 1.29 is 23.9 Å². The Balaban J connectivity index is 2.97. The van der Waals surface area contributed by atoms with E-state index in [9.17, 15) is 14.4 Å². The van der Waals surface area contributed by atoms with Crippen LogP contribution in [0.1, 0.15) is 38.1 Å². The predicted octanol–water partition coefficient (Wildman–Crippen LogP) is 3.49. The van der Waals surface area contributed by atoms with E-state index in [2.05, 4.69) is 21.4 Å². The van der Waals surface area contributed by atoms with Crippen molar-refractivity contribution in [3.63, 3.8) is 0 Å². The van der Waals surface area contributed by atoms with Gasteiger partial charge in [-0.2, -0.15) is 0 Å². The van der Waals surface area contributed by atoms with Gasteiger partial charge in [-0.1, -0.05) is 15.9 Å². The van der Waals surface area contributed by atoms with E-state index < -0.39 is 30.3 Å². The third-order valence-corrected chi connectivity index (χ3v) is 2.89. The van der Waals surface area contributed by atoms with Crippen molar-refractivity contribution in [3.8, 4) is 0 Å². The zero-order valence-corrected chi connectivity index (χ0v) is 14.9. The van der Waals surface area contributed by atoms with E-state index in [1.54, 1.807) is 39.8 Å². The van der Waals surface area contributed by atoms with E-state index in [0.29, 0.717) is 5.01 Å². The Bertz CT molecular complexity index is 572. The average molecular weight is 387 g/mol. The van der Waals surface area contributed by atoms with Crippen LogP contribution in [0.5, 0.6) is 0 Å². The van der Waals surface area contributed by atoms with Crippen LogP contribution >= 0.6 is 15.9 Å². The number of hydrogen-bond acceptors (Lipinski definition) is 5. The molecule has 0 saturated carbocycles. The first-order valence-electron chi connectivity index (χ1n) is 6.98. The summed E-state index contributed by atoms with van der Waals surface area (Å²) < 4.78 is 10.6. The monoisotopic (exact) mass is 386 g/mol. The van der Waals surface area contributed by atoms with Crippen LogP contribution in [0.2, 0.25) is 0 Å². The summed E-state index contributed by atoms with van der Waals surface area (Å²) in [5, 5.41) is 0.494. The van der Waals surface area contributed by atoms with Crippen LogP contribution in [-0.4, -0.2) is 35.3 Å². The summed E-state index contributed by atoms with van der Waals surface area (Å²) >= 11 is 3.25. The highest BCUT2D eigenvalue weighted by molar-refractivity contribution is 9.10. The van der Waals surface area contributed by atoms with E-state index in [-0.39, 0.29) is 5.56 Å². The Morgan fingerprint density at radius 1 is 1.00 bits per heavy atom. The van der Waals surface area contributed by atoms with E-state index >= 15 is 0 Å². The summed E-state index contributed by atoms with van der Waals surface area (Å²) in [4.78, 5) is 36.2. The lowest BCUT2D eigenvalue weighted by Crippen LogP contribution is -2.51. The molecule has 0 bridgehead atoms. The number of benzene rings is 1. The SMILES string of the molecule is CC(C)OC(=O)NN(C(=O)OC(C)C)C(=O)c1ccc(Br)cc1. The van der Waals surface area contributed by atoms with Crippen LogP contribution in [0, 0.1) is 0 Å². The number of nitrogens with zero attached hydrogens (tertiary/aromatic N) is 1. The molecule has 7 nitrogen and oxygen atoms in total. The third kappa shape index (κ3) is 6.27. The van der Waals surface area contributed by atoms with Gasteiger partial charge in [0.2, 0.25) is 0 Å². The Labute approximate surface area is 143 Å². The fourth-order valence-corrected chi connectivity index (χ4v) is 1.75. The van der Waals surface area contributed by atoms with Crippen molar-refractivity contribution >= 4 is 34.0 Å². The topological polar surface area (TPSA) is 84.9 Å². The minimum Gasteiger partial charge on any atom is -0.446 e. The summed E-state index contributed by atoms with van der Waals surface area (Å²) in [5.74, 6) is -0.733. The van der Waals surface area contributed by atoms with Crippen molar-refractivity contribution in [3.05, 3.63) is 34.3 Å². The van der Waals surface area contributed by atoms with Crippen LogP contribution in [0.3, 0.4) is 0 Å². The molecule has 1 aromatic rings. The average Bonchev–Trinajstić information content (AvgIpc) is 2.43. The fourth-order valence-electron chi connectivity index (χ4n) is 1.49. The van der Waals surface area contributed by atoms with Gasteiger partial charge in [-0.15, -0.1) is 5.01 Å². The molecule has 1 rings (SSSR count). The van der Waals surface area contributed by atoms with Crippen LogP contribution in [-0.2, 0) is 9.47 Å². The number of amides is 3. The van der Waals surface area contributed by atoms with Crippen LogP contribution in [0.4, 0.5) is 9.59 Å². The molecule has 23 heavy (non-hydrogen) atoms. The molecule has 0 aliphatic rings. The molecular formula is C15H19BrN2O5. The molecule has 126 valence electrons. The van der Waals surface area contributed by atoms with Gasteiger partial charge in [0.1, 0.15) is 0 Å². The molecule has 0 aliphatic carbocycles. The molecule has 0 atom stereocenters. The number of hydrazine groups is 1. The number of nitrogens with one attached hydrogen (secondary N) is 1. The maximum atomic E-state index is 12.4. The molecule has 0 fully saturated rings. The summed E-state index contributed by atoms with van der Waals surface area (Å²) in [7, 11) is 0. The number of carbonyl (C=O) groups is 3. The second-order valence-corrected chi connectivity index (χ2v) is 6.06. The molecule has 0 spiro atoms. The van der Waals surface area contributed by atoms with Crippen molar-refractivity contribution in [2.75, 3.05) is 0 Å². The van der Waals surface area contributed by atoms with Gasteiger partial charge >= 0.3 is 12.2 Å². The van der Waals surface area contributed by atoms with Gasteiger partial charge in [-0.3, -0.25) is 4.79 Å². The van der Waals surface area contributed by atoms with E-state index in [4.69, 9.17) is 9.47 Å². The van der Waals surface area contributed by atoms with Crippen molar-refractivity contribution in [2.45, 2.75) is 39.9 Å². The van der Waals surface area contributed by atoms with Crippen LogP contribution < -0.4 is 5.43 Å². The van der Waals surface area contributed by atoms with Crippen LogP contribution in [0.25, 0.3) is 0 Å². The highest BCUT2D eigenvalue weighted by Crippen LogP contribution is 2.12. The van der Waals surface area contributed by atoms with E-state index in [1.807, 2.05) is 0 Å². The smallest absolute Gasteiger partial charge is 0.436 e. The lowest BCUT2D eigenvalue weighted by Gasteiger charge is -2.22. The minimum atomic E-state index is -0.992. The lowest BCUT2D eigenvalue weighted by molar-refractivity contribution is 0.0383. The highest BCUT2D eigenvalue weighted by atomic mass is 79.9. The molecule has 0 heterocycles. The van der Waals surface area contributed by atoms with Crippen molar-refractivity contribution in [1.82, 2.24) is 10.4 Å². The highest BCUT2D eigenvalue weighted by Gasteiger charge is 2.28. The Kier molecular flexibility index (Phi) is 7.02. The molecule has 3 amide bonds. The lowest BCUT2D eigenvalue weighted by atomic mass is 10.2. The summed E-state index contributed by atoms with van der Waals surface area (Å²) in [6, 6.07) is 6.31. The van der Waals surface area contributed by atoms with Gasteiger partial charge in [0.05, 0.1) is 12.2 Å². The summed E-state index contributed by atoms with van der Waals surface area (Å²) in [6.07, 6.45) is -2.77. The quantitative estimate of drug-likeness (QED) is 0.803. The van der Waals surface area contributed by atoms with Crippen molar-refractivity contribution in [1.29, 1.82) is 0 Å². The van der Waals surface area contributed by atoms with E-state index in [1.165, 1.54) is 12.1 Å². The van der Waals surface area contributed by atoms with Gasteiger partial charge in [0.15, 0.2) is 0 Å². The molecule has 0 aliphatic heterocycles. The zero-order valence-electron chi connectivity index (χ0n) is 13.3. The molecular weight excluding hydrogens is 368 g/mol. The largest absolute Gasteiger partial charge is 0.446 e. The first-order valence-corrected chi connectivity index (χ1v) is 7.78. The molecule has 0 radical (unpaired) electrons. The number of halogens is 1. The first-order chi connectivity index (χ1) is 10.7. The molecule has 0 saturated heterocycles. The Morgan fingerprint density at radius 2 is 1.52 bits per heavy atom. The number of ether oxygens (including phenoxy) is 2. The van der Waals surface area contributed by atoms with Gasteiger partial charge in [0.25, 0.3) is 5.91 Å². The molecule has 0 unspecified atom stereocenters. The number of hydrogen-bond donors (Lipinski definition) is 1. The maximum Gasteiger partial charge on any atom is 0.436 e. The zero-order chi connectivity index (χ0) is 17.6. The Hall–Kier alpha value is -2.09. The first kappa shape index (κ1) is 19.0. The molecule has 1 N–H and O–H groups in total. The molecule has 0 aromatic heterocycles. The maximum absolute atomic E-state index is 12.4. The number of carbonyl (C=O) groups excluding carboxylic acids is 3. The standard InChI is InChI=1S/C15H19BrN2O5/c1-9(2)22-14(20)17-18(15(21)23-10(3)4)13(19)11-5-7-12(16)8-6-11/h5-10H,1-4H3,(H,17,20). The normalized spacial score (nSPS) is 10.4. The molecule has 1 aromatic carbocycles. The minimum absolute atomic E-state index is 0.207. The van der Waals surface area contributed by atoms with Crippen LogP contribution in [0.15, 0.2) is 28.7 Å².